The summed E-state index contributed by atoms with van der Waals surface area (Å²) in [5.41, 5.74) is 1.35. The number of rotatable bonds is 4. The summed E-state index contributed by atoms with van der Waals surface area (Å²) in [6, 6.07) is 3.44. The standard InChI is InChI=1S/C16H28N6/c1-17-16(18-2)19-11-12-5-4-10-22(13-6-7-13)15(12)14-8-9-20-21(14)3/h8-9,12-13,15H,4-7,10-11H2,1-3H3,(H2,17,18,19)/t12-,15+/m0/s1. The Hall–Kier alpha value is -1.56. The van der Waals surface area contributed by atoms with E-state index in [1.165, 1.54) is 37.9 Å². The van der Waals surface area contributed by atoms with Crippen LogP contribution in [0.4, 0.5) is 0 Å². The van der Waals surface area contributed by atoms with Gasteiger partial charge in [0.25, 0.3) is 0 Å². The van der Waals surface area contributed by atoms with E-state index in [-0.39, 0.29) is 0 Å². The predicted octanol–water partition coefficient (Wildman–Crippen LogP) is 1.13. The average Bonchev–Trinajstić information content (AvgIpc) is 3.30. The predicted molar refractivity (Wildman–Crippen MR) is 88.8 cm³/mol. The van der Waals surface area contributed by atoms with E-state index in [1.54, 1.807) is 0 Å². The second kappa shape index (κ2) is 6.69. The molecule has 0 radical (unpaired) electrons. The number of piperidine rings is 1. The van der Waals surface area contributed by atoms with Crippen molar-refractivity contribution in [1.29, 1.82) is 0 Å². The molecule has 1 aromatic rings. The topological polar surface area (TPSA) is 57.5 Å². The van der Waals surface area contributed by atoms with Crippen LogP contribution >= 0.6 is 0 Å². The first kappa shape index (κ1) is 15.3. The van der Waals surface area contributed by atoms with Gasteiger partial charge in [-0.25, -0.2) is 0 Å². The van der Waals surface area contributed by atoms with Crippen LogP contribution in [0, 0.1) is 5.92 Å². The molecule has 2 fully saturated rings. The fraction of sp³-hybridized carbons (Fsp3) is 0.750. The van der Waals surface area contributed by atoms with Crippen molar-refractivity contribution in [3.05, 3.63) is 18.0 Å². The lowest BCUT2D eigenvalue weighted by Gasteiger charge is -2.42. The monoisotopic (exact) mass is 304 g/mol. The molecular weight excluding hydrogens is 276 g/mol. The Bertz CT molecular complexity index is 518. The van der Waals surface area contributed by atoms with E-state index >= 15 is 0 Å². The Kier molecular flexibility index (Phi) is 4.66. The smallest absolute Gasteiger partial charge is 0.190 e. The van der Waals surface area contributed by atoms with Gasteiger partial charge in [-0.2, -0.15) is 5.10 Å². The summed E-state index contributed by atoms with van der Waals surface area (Å²) < 4.78 is 2.05. The highest BCUT2D eigenvalue weighted by molar-refractivity contribution is 5.79. The molecule has 0 amide bonds. The SMILES string of the molecule is CN=C(NC)NC[C@@H]1CCCN(C2CC2)[C@H]1c1ccnn1C. The third-order valence-corrected chi connectivity index (χ3v) is 4.96. The summed E-state index contributed by atoms with van der Waals surface area (Å²) >= 11 is 0. The minimum absolute atomic E-state index is 0.469. The van der Waals surface area contributed by atoms with Crippen molar-refractivity contribution in [3.63, 3.8) is 0 Å². The van der Waals surface area contributed by atoms with E-state index < -0.39 is 0 Å². The average molecular weight is 304 g/mol. The van der Waals surface area contributed by atoms with Gasteiger partial charge in [0.05, 0.1) is 11.7 Å². The van der Waals surface area contributed by atoms with Gasteiger partial charge in [-0.3, -0.25) is 14.6 Å². The zero-order chi connectivity index (χ0) is 15.5. The van der Waals surface area contributed by atoms with Crippen LogP contribution < -0.4 is 10.6 Å². The maximum absolute atomic E-state index is 4.40. The van der Waals surface area contributed by atoms with Crippen molar-refractivity contribution in [3.8, 4) is 0 Å². The van der Waals surface area contributed by atoms with Gasteiger partial charge in [-0.05, 0) is 44.2 Å². The highest BCUT2D eigenvalue weighted by Crippen LogP contribution is 2.42. The Morgan fingerprint density at radius 1 is 1.41 bits per heavy atom. The molecule has 6 nitrogen and oxygen atoms in total. The minimum atomic E-state index is 0.469. The molecule has 0 spiro atoms. The molecule has 3 rings (SSSR count). The van der Waals surface area contributed by atoms with Gasteiger partial charge in [0, 0.05) is 39.9 Å². The Balaban J connectivity index is 1.78. The number of nitrogens with zero attached hydrogens (tertiary/aromatic N) is 4. The van der Waals surface area contributed by atoms with Crippen LogP contribution in [0.15, 0.2) is 17.3 Å². The van der Waals surface area contributed by atoms with Crippen LogP contribution in [0.25, 0.3) is 0 Å². The van der Waals surface area contributed by atoms with E-state index in [0.29, 0.717) is 12.0 Å². The van der Waals surface area contributed by atoms with E-state index in [4.69, 9.17) is 0 Å². The zero-order valence-corrected chi connectivity index (χ0v) is 13.9. The summed E-state index contributed by atoms with van der Waals surface area (Å²) in [7, 11) is 5.78. The summed E-state index contributed by atoms with van der Waals surface area (Å²) in [5.74, 6) is 1.46. The molecule has 0 unspecified atom stereocenters. The van der Waals surface area contributed by atoms with Crippen LogP contribution in [0.2, 0.25) is 0 Å². The summed E-state index contributed by atoms with van der Waals surface area (Å²) in [4.78, 5) is 6.94. The van der Waals surface area contributed by atoms with E-state index in [9.17, 15) is 0 Å². The van der Waals surface area contributed by atoms with Gasteiger partial charge in [-0.15, -0.1) is 0 Å². The summed E-state index contributed by atoms with van der Waals surface area (Å²) in [5, 5.41) is 11.0. The lowest BCUT2D eigenvalue weighted by Crippen LogP contribution is -2.46. The lowest BCUT2D eigenvalue weighted by molar-refractivity contribution is 0.0800. The quantitative estimate of drug-likeness (QED) is 0.647. The van der Waals surface area contributed by atoms with Crippen molar-refractivity contribution in [2.45, 2.75) is 37.8 Å². The molecule has 2 aliphatic rings. The number of aliphatic imine (C=N–C) groups is 1. The van der Waals surface area contributed by atoms with Crippen molar-refractivity contribution in [2.24, 2.45) is 18.0 Å². The molecule has 2 N–H and O–H groups in total. The largest absolute Gasteiger partial charge is 0.359 e. The van der Waals surface area contributed by atoms with Crippen molar-refractivity contribution in [1.82, 2.24) is 25.3 Å². The van der Waals surface area contributed by atoms with Crippen LogP contribution in [-0.4, -0.2) is 53.9 Å². The van der Waals surface area contributed by atoms with Crippen LogP contribution in [0.3, 0.4) is 0 Å². The zero-order valence-electron chi connectivity index (χ0n) is 13.9. The van der Waals surface area contributed by atoms with Crippen LogP contribution in [0.5, 0.6) is 0 Å². The normalized spacial score (nSPS) is 27.0. The number of guanidine groups is 1. The molecule has 22 heavy (non-hydrogen) atoms. The molecule has 1 saturated heterocycles. The number of aryl methyl sites for hydroxylation is 1. The fourth-order valence-electron chi connectivity index (χ4n) is 3.73. The molecule has 1 aliphatic carbocycles. The highest BCUT2D eigenvalue weighted by atomic mass is 15.3. The molecule has 2 atom stereocenters. The Labute approximate surface area is 133 Å². The van der Waals surface area contributed by atoms with Crippen LogP contribution in [0.1, 0.15) is 37.4 Å². The second-order valence-electron chi connectivity index (χ2n) is 6.40. The van der Waals surface area contributed by atoms with Gasteiger partial charge >= 0.3 is 0 Å². The van der Waals surface area contributed by atoms with Gasteiger partial charge in [0.1, 0.15) is 0 Å². The van der Waals surface area contributed by atoms with Gasteiger partial charge in [0.2, 0.25) is 0 Å². The number of hydrogen-bond acceptors (Lipinski definition) is 3. The van der Waals surface area contributed by atoms with E-state index in [1.807, 2.05) is 25.0 Å². The highest BCUT2D eigenvalue weighted by Gasteiger charge is 2.41. The fourth-order valence-corrected chi connectivity index (χ4v) is 3.73. The molecule has 122 valence electrons. The third-order valence-electron chi connectivity index (χ3n) is 4.96. The molecule has 6 heteroatoms. The number of nitrogens with one attached hydrogen (secondary N) is 2. The molecule has 0 bridgehead atoms. The minimum Gasteiger partial charge on any atom is -0.359 e. The third kappa shape index (κ3) is 3.11. The first-order chi connectivity index (χ1) is 10.7. The lowest BCUT2D eigenvalue weighted by atomic mass is 9.86. The Morgan fingerprint density at radius 2 is 2.23 bits per heavy atom. The molecule has 2 heterocycles. The van der Waals surface area contributed by atoms with Gasteiger partial charge < -0.3 is 10.6 Å². The maximum Gasteiger partial charge on any atom is 0.190 e. The maximum atomic E-state index is 4.40. The first-order valence-corrected chi connectivity index (χ1v) is 8.36. The van der Waals surface area contributed by atoms with Crippen molar-refractivity contribution >= 4 is 5.96 Å². The molecule has 1 saturated carbocycles. The first-order valence-electron chi connectivity index (χ1n) is 8.36. The number of aromatic nitrogens is 2. The second-order valence-corrected chi connectivity index (χ2v) is 6.40. The van der Waals surface area contributed by atoms with Crippen molar-refractivity contribution < 1.29 is 0 Å². The van der Waals surface area contributed by atoms with Gasteiger partial charge in [0.15, 0.2) is 5.96 Å². The van der Waals surface area contributed by atoms with Crippen LogP contribution in [-0.2, 0) is 7.05 Å². The number of hydrogen-bond donors (Lipinski definition) is 2. The molecule has 1 aromatic heterocycles. The molecule has 0 aromatic carbocycles. The summed E-state index contributed by atoms with van der Waals surface area (Å²) in [6.45, 7) is 2.17. The summed E-state index contributed by atoms with van der Waals surface area (Å²) in [6.07, 6.45) is 7.17. The molecule has 1 aliphatic heterocycles. The van der Waals surface area contributed by atoms with E-state index in [0.717, 1.165) is 18.5 Å². The van der Waals surface area contributed by atoms with Gasteiger partial charge in [-0.1, -0.05) is 0 Å². The number of likely N-dealkylation sites (tertiary alicyclic amines) is 1. The molecular formula is C16H28N6. The Morgan fingerprint density at radius 3 is 2.82 bits per heavy atom. The van der Waals surface area contributed by atoms with Crippen molar-refractivity contribution in [2.75, 3.05) is 27.2 Å². The van der Waals surface area contributed by atoms with E-state index in [2.05, 4.69) is 38.7 Å².